The van der Waals surface area contributed by atoms with Crippen molar-refractivity contribution in [3.8, 4) is 0 Å². The first-order valence-electron chi connectivity index (χ1n) is 8.14. The van der Waals surface area contributed by atoms with Crippen molar-refractivity contribution in [3.63, 3.8) is 0 Å². The topological polar surface area (TPSA) is 57.5 Å². The highest BCUT2D eigenvalue weighted by Gasteiger charge is 2.11. The minimum absolute atomic E-state index is 0. The summed E-state index contributed by atoms with van der Waals surface area (Å²) in [5, 5.41) is 6.80. The molecule has 2 aromatic rings. The van der Waals surface area contributed by atoms with Gasteiger partial charge in [-0.2, -0.15) is 0 Å². The Morgan fingerprint density at radius 3 is 2.56 bits per heavy atom. The van der Waals surface area contributed by atoms with Crippen LogP contribution in [0.2, 0.25) is 0 Å². The number of imidazole rings is 1. The van der Waals surface area contributed by atoms with Crippen LogP contribution >= 0.6 is 24.0 Å². The molecule has 0 saturated carbocycles. The van der Waals surface area contributed by atoms with Crippen molar-refractivity contribution in [1.29, 1.82) is 0 Å². The summed E-state index contributed by atoms with van der Waals surface area (Å²) in [5.41, 5.74) is 3.65. The second kappa shape index (κ2) is 9.65. The molecule has 0 fully saturated rings. The fourth-order valence-electron chi connectivity index (χ4n) is 2.74. The van der Waals surface area contributed by atoms with Crippen LogP contribution < -0.4 is 15.5 Å². The first kappa shape index (κ1) is 21.3. The molecule has 1 unspecified atom stereocenters. The van der Waals surface area contributed by atoms with Crippen molar-refractivity contribution >= 4 is 35.9 Å². The molecule has 0 saturated heterocycles. The van der Waals surface area contributed by atoms with Gasteiger partial charge in [-0.1, -0.05) is 24.3 Å². The van der Waals surface area contributed by atoms with Gasteiger partial charge in [0.2, 0.25) is 5.95 Å². The number of hydrogen-bond donors (Lipinski definition) is 2. The van der Waals surface area contributed by atoms with Gasteiger partial charge in [0.1, 0.15) is 0 Å². The lowest BCUT2D eigenvalue weighted by Crippen LogP contribution is -2.38. The molecule has 1 heterocycles. The first-order valence-corrected chi connectivity index (χ1v) is 8.14. The lowest BCUT2D eigenvalue weighted by Gasteiger charge is -2.20. The van der Waals surface area contributed by atoms with E-state index in [9.17, 15) is 0 Å². The fourth-order valence-corrected chi connectivity index (χ4v) is 2.74. The molecule has 0 aliphatic carbocycles. The lowest BCUT2D eigenvalue weighted by atomic mass is 10.0. The highest BCUT2D eigenvalue weighted by atomic mass is 127. The van der Waals surface area contributed by atoms with Gasteiger partial charge in [0, 0.05) is 28.2 Å². The molecular formula is C18H29IN6. The third-order valence-corrected chi connectivity index (χ3v) is 4.13. The second-order valence-corrected chi connectivity index (χ2v) is 6.15. The molecule has 6 nitrogen and oxygen atoms in total. The normalized spacial score (nSPS) is 12.3. The molecule has 2 rings (SSSR count). The minimum atomic E-state index is 0. The maximum Gasteiger partial charge on any atom is 0.204 e. The molecule has 138 valence electrons. The van der Waals surface area contributed by atoms with E-state index in [1.54, 1.807) is 7.05 Å². The van der Waals surface area contributed by atoms with E-state index < -0.39 is 0 Å². The molecule has 2 N–H and O–H groups in total. The van der Waals surface area contributed by atoms with Gasteiger partial charge in [-0.3, -0.25) is 4.99 Å². The Morgan fingerprint density at radius 1 is 1.32 bits per heavy atom. The largest absolute Gasteiger partial charge is 0.351 e. The maximum absolute atomic E-state index is 4.43. The van der Waals surface area contributed by atoms with Gasteiger partial charge in [0.15, 0.2) is 5.96 Å². The van der Waals surface area contributed by atoms with Crippen LogP contribution in [0.3, 0.4) is 0 Å². The summed E-state index contributed by atoms with van der Waals surface area (Å²) < 4.78 is 2.07. The average molecular weight is 456 g/mol. The van der Waals surface area contributed by atoms with Gasteiger partial charge >= 0.3 is 0 Å². The Hall–Kier alpha value is -1.77. The number of aromatic nitrogens is 2. The molecule has 0 bridgehead atoms. The first-order chi connectivity index (χ1) is 11.4. The van der Waals surface area contributed by atoms with E-state index in [1.807, 2.05) is 32.2 Å². The predicted molar refractivity (Wildman–Crippen MR) is 116 cm³/mol. The van der Waals surface area contributed by atoms with Gasteiger partial charge in [-0.25, -0.2) is 4.98 Å². The zero-order chi connectivity index (χ0) is 17.7. The molecule has 1 aromatic carbocycles. The molecule has 1 aromatic heterocycles. The summed E-state index contributed by atoms with van der Waals surface area (Å²) in [4.78, 5) is 10.7. The second-order valence-electron chi connectivity index (χ2n) is 6.15. The quantitative estimate of drug-likeness (QED) is 0.413. The molecule has 25 heavy (non-hydrogen) atoms. The van der Waals surface area contributed by atoms with Gasteiger partial charge in [-0.15, -0.1) is 24.0 Å². The highest BCUT2D eigenvalue weighted by Crippen LogP contribution is 2.16. The average Bonchev–Trinajstić information content (AvgIpc) is 2.92. The number of guanidine groups is 1. The van der Waals surface area contributed by atoms with Crippen LogP contribution in [0.15, 0.2) is 35.5 Å². The van der Waals surface area contributed by atoms with E-state index in [0.29, 0.717) is 6.54 Å². The van der Waals surface area contributed by atoms with Gasteiger partial charge in [0.25, 0.3) is 0 Å². The number of halogens is 1. The molecule has 7 heteroatoms. The Bertz CT molecular complexity index is 707. The lowest BCUT2D eigenvalue weighted by molar-refractivity contribution is 0.672. The smallest absolute Gasteiger partial charge is 0.204 e. The van der Waals surface area contributed by atoms with Crippen LogP contribution in [0.1, 0.15) is 29.8 Å². The molecule has 0 radical (unpaired) electrons. The van der Waals surface area contributed by atoms with Crippen molar-refractivity contribution in [2.45, 2.75) is 26.4 Å². The number of rotatable bonds is 5. The van der Waals surface area contributed by atoms with Crippen LogP contribution in [-0.4, -0.2) is 36.7 Å². The van der Waals surface area contributed by atoms with Gasteiger partial charge < -0.3 is 20.1 Å². The van der Waals surface area contributed by atoms with E-state index in [-0.39, 0.29) is 30.0 Å². The number of nitrogens with zero attached hydrogens (tertiary/aromatic N) is 4. The summed E-state index contributed by atoms with van der Waals surface area (Å²) in [5.74, 6) is 1.71. The Kier molecular flexibility index (Phi) is 8.21. The van der Waals surface area contributed by atoms with Crippen LogP contribution in [0.25, 0.3) is 0 Å². The van der Waals surface area contributed by atoms with Crippen molar-refractivity contribution in [1.82, 2.24) is 20.2 Å². The standard InChI is InChI=1S/C18H28N6.HI/c1-13-9-7-8-10-16(13)14(2)22-17(19-3)20-11-15-12-21-18(23(4)5)24(15)6;/h7-10,12,14H,11H2,1-6H3,(H2,19,20,22);1H. The van der Waals surface area contributed by atoms with Crippen LogP contribution in [0.5, 0.6) is 0 Å². The molecule has 0 amide bonds. The predicted octanol–water partition coefficient (Wildman–Crippen LogP) is 2.84. The zero-order valence-electron chi connectivity index (χ0n) is 15.9. The van der Waals surface area contributed by atoms with Crippen molar-refractivity contribution < 1.29 is 0 Å². The zero-order valence-corrected chi connectivity index (χ0v) is 18.2. The number of aryl methyl sites for hydroxylation is 1. The molecule has 0 spiro atoms. The Morgan fingerprint density at radius 2 is 2.00 bits per heavy atom. The number of hydrogen-bond acceptors (Lipinski definition) is 3. The molecule has 0 aliphatic heterocycles. The SMILES string of the molecule is CN=C(NCc1cnc(N(C)C)n1C)NC(C)c1ccccc1C.I. The van der Waals surface area contributed by atoms with E-state index in [1.165, 1.54) is 11.1 Å². The van der Waals surface area contributed by atoms with Crippen molar-refractivity contribution in [2.75, 3.05) is 26.0 Å². The molecule has 1 atom stereocenters. The monoisotopic (exact) mass is 456 g/mol. The fraction of sp³-hybridized carbons (Fsp3) is 0.444. The number of aliphatic imine (C=N–C) groups is 1. The third kappa shape index (κ3) is 5.35. The summed E-state index contributed by atoms with van der Waals surface area (Å²) in [6.07, 6.45) is 1.89. The van der Waals surface area contributed by atoms with Crippen LogP contribution in [0.4, 0.5) is 5.95 Å². The van der Waals surface area contributed by atoms with Crippen molar-refractivity contribution in [3.05, 3.63) is 47.3 Å². The Labute approximate surface area is 167 Å². The maximum atomic E-state index is 4.43. The minimum Gasteiger partial charge on any atom is -0.351 e. The number of nitrogens with one attached hydrogen (secondary N) is 2. The van der Waals surface area contributed by atoms with Crippen molar-refractivity contribution in [2.24, 2.45) is 12.0 Å². The van der Waals surface area contributed by atoms with Crippen LogP contribution in [-0.2, 0) is 13.6 Å². The van der Waals surface area contributed by atoms with Crippen LogP contribution in [0, 0.1) is 6.92 Å². The van der Waals surface area contributed by atoms with Gasteiger partial charge in [0.05, 0.1) is 24.5 Å². The number of anilines is 1. The number of benzene rings is 1. The van der Waals surface area contributed by atoms with E-state index in [4.69, 9.17) is 0 Å². The molecular weight excluding hydrogens is 427 g/mol. The summed E-state index contributed by atoms with van der Waals surface area (Å²) in [6, 6.07) is 8.58. The Balaban J connectivity index is 0.00000312. The summed E-state index contributed by atoms with van der Waals surface area (Å²) in [6.45, 7) is 4.93. The highest BCUT2D eigenvalue weighted by molar-refractivity contribution is 14.0. The van der Waals surface area contributed by atoms with E-state index in [2.05, 4.69) is 63.3 Å². The molecule has 0 aliphatic rings. The summed E-state index contributed by atoms with van der Waals surface area (Å²) >= 11 is 0. The van der Waals surface area contributed by atoms with E-state index >= 15 is 0 Å². The third-order valence-electron chi connectivity index (χ3n) is 4.13. The summed E-state index contributed by atoms with van der Waals surface area (Å²) in [7, 11) is 7.79. The van der Waals surface area contributed by atoms with Gasteiger partial charge in [-0.05, 0) is 25.0 Å². The van der Waals surface area contributed by atoms with E-state index in [0.717, 1.165) is 17.6 Å².